The van der Waals surface area contributed by atoms with Gasteiger partial charge in [-0.05, 0) is 65.4 Å². The van der Waals surface area contributed by atoms with Gasteiger partial charge in [0.15, 0.2) is 0 Å². The van der Waals surface area contributed by atoms with Crippen molar-refractivity contribution in [2.45, 2.75) is 45.2 Å². The lowest BCUT2D eigenvalue weighted by atomic mass is 9.86. The second-order valence-electron chi connectivity index (χ2n) is 13.2. The Balaban J connectivity index is 1.63. The third-order valence-corrected chi connectivity index (χ3v) is 9.43. The number of likely N-dealkylation sites (N-methyl/N-ethyl adjacent to an activating group) is 1. The highest BCUT2D eigenvalue weighted by atomic mass is 35.5. The number of hydrogen-bond donors (Lipinski definition) is 0. The topological polar surface area (TPSA) is 68.7 Å². The largest absolute Gasteiger partial charge is 0.493 e. The number of rotatable bonds is 7. The van der Waals surface area contributed by atoms with E-state index in [9.17, 15) is 9.59 Å². The molecule has 0 spiro atoms. The van der Waals surface area contributed by atoms with Crippen LogP contribution >= 0.6 is 34.8 Å². The molecule has 0 radical (unpaired) electrons. The fraction of sp³-hybridized carbons (Fsp3) is 0.417. The van der Waals surface area contributed by atoms with Crippen molar-refractivity contribution in [3.63, 3.8) is 0 Å². The number of benzene rings is 3. The third-order valence-electron chi connectivity index (χ3n) is 8.61. The summed E-state index contributed by atoms with van der Waals surface area (Å²) in [4.78, 5) is 39.8. The second-order valence-corrected chi connectivity index (χ2v) is 14.4. The van der Waals surface area contributed by atoms with Gasteiger partial charge in [-0.1, -0.05) is 79.8 Å². The van der Waals surface area contributed by atoms with Gasteiger partial charge in [-0.3, -0.25) is 19.6 Å². The summed E-state index contributed by atoms with van der Waals surface area (Å²) in [6.45, 7) is 11.1. The van der Waals surface area contributed by atoms with Crippen LogP contribution in [0.3, 0.4) is 0 Å². The fourth-order valence-electron chi connectivity index (χ4n) is 6.01. The number of amidine groups is 1. The number of nitrogens with zero attached hydrogens (tertiary/aromatic N) is 5. The first-order chi connectivity index (χ1) is 22.3. The van der Waals surface area contributed by atoms with Crippen molar-refractivity contribution >= 4 is 52.6 Å². The van der Waals surface area contributed by atoms with Gasteiger partial charge in [0.25, 0.3) is 0 Å². The Hall–Kier alpha value is -3.30. The second kappa shape index (κ2) is 14.4. The molecule has 0 aliphatic carbocycles. The number of halogens is 3. The van der Waals surface area contributed by atoms with Gasteiger partial charge in [-0.15, -0.1) is 0 Å². The Labute approximate surface area is 292 Å². The molecule has 0 N–H and O–H groups in total. The molecule has 1 saturated heterocycles. The normalized spacial score (nSPS) is 18.7. The fourth-order valence-corrected chi connectivity index (χ4v) is 6.71. The van der Waals surface area contributed by atoms with Crippen LogP contribution in [0.1, 0.15) is 62.0 Å². The van der Waals surface area contributed by atoms with E-state index in [-0.39, 0.29) is 17.4 Å². The highest BCUT2D eigenvalue weighted by Crippen LogP contribution is 2.46. The van der Waals surface area contributed by atoms with E-state index in [1.165, 1.54) is 0 Å². The molecule has 2 heterocycles. The van der Waals surface area contributed by atoms with E-state index in [0.29, 0.717) is 71.5 Å². The highest BCUT2D eigenvalue weighted by molar-refractivity contribution is 6.32. The average Bonchev–Trinajstić information content (AvgIpc) is 3.42. The number of amides is 3. The Kier molecular flexibility index (Phi) is 10.8. The molecule has 3 aromatic rings. The zero-order valence-electron chi connectivity index (χ0n) is 27.8. The molecule has 47 heavy (non-hydrogen) atoms. The lowest BCUT2D eigenvalue weighted by molar-refractivity contribution is -0.130. The Morgan fingerprint density at radius 3 is 2.00 bits per heavy atom. The zero-order chi connectivity index (χ0) is 34.0. The lowest BCUT2D eigenvalue weighted by Gasteiger charge is -2.39. The number of aliphatic imine (C=N–C) groups is 1. The minimum atomic E-state index is -0.500. The smallest absolute Gasteiger partial charge is 0.326 e. The van der Waals surface area contributed by atoms with Crippen molar-refractivity contribution in [1.82, 2.24) is 19.6 Å². The van der Waals surface area contributed by atoms with Crippen LogP contribution in [0.25, 0.3) is 0 Å². The molecule has 8 nitrogen and oxygen atoms in total. The number of piperazine rings is 1. The van der Waals surface area contributed by atoms with Gasteiger partial charge in [0.1, 0.15) is 17.6 Å². The minimum Gasteiger partial charge on any atom is -0.493 e. The minimum absolute atomic E-state index is 0.0337. The van der Waals surface area contributed by atoms with Gasteiger partial charge in [-0.25, -0.2) is 4.79 Å². The van der Waals surface area contributed by atoms with Crippen LogP contribution in [0.2, 0.25) is 15.1 Å². The van der Waals surface area contributed by atoms with Crippen molar-refractivity contribution in [2.75, 3.05) is 53.4 Å². The molecule has 1 fully saturated rings. The number of ether oxygens (including phenoxy) is 1. The molecule has 0 bridgehead atoms. The van der Waals surface area contributed by atoms with E-state index >= 15 is 0 Å². The van der Waals surface area contributed by atoms with Crippen molar-refractivity contribution in [2.24, 2.45) is 4.99 Å². The maximum atomic E-state index is 14.8. The van der Waals surface area contributed by atoms with Gasteiger partial charge in [0.2, 0.25) is 5.91 Å². The summed E-state index contributed by atoms with van der Waals surface area (Å²) in [7, 11) is 3.50. The zero-order valence-corrected chi connectivity index (χ0v) is 30.0. The molecule has 2 atom stereocenters. The van der Waals surface area contributed by atoms with E-state index in [2.05, 4.69) is 25.7 Å². The molecule has 3 amide bonds. The lowest BCUT2D eigenvalue weighted by Crippen LogP contribution is -2.55. The number of hydrogen-bond acceptors (Lipinski definition) is 5. The summed E-state index contributed by atoms with van der Waals surface area (Å²) in [6.07, 6.45) is 0. The Morgan fingerprint density at radius 1 is 0.894 bits per heavy atom. The third kappa shape index (κ3) is 7.72. The van der Waals surface area contributed by atoms with Crippen LogP contribution in [0.15, 0.2) is 65.7 Å². The highest BCUT2D eigenvalue weighted by Gasteiger charge is 2.45. The number of urea groups is 1. The number of carbonyl (C=O) groups excluding carboxylic acids is 2. The quantitative estimate of drug-likeness (QED) is 0.254. The molecule has 0 saturated carbocycles. The van der Waals surface area contributed by atoms with Gasteiger partial charge in [0.05, 0.1) is 24.8 Å². The summed E-state index contributed by atoms with van der Waals surface area (Å²) >= 11 is 19.6. The molecular weight excluding hydrogens is 657 g/mol. The van der Waals surface area contributed by atoms with Crippen molar-refractivity contribution < 1.29 is 14.3 Å². The van der Waals surface area contributed by atoms with E-state index in [1.54, 1.807) is 23.9 Å². The first-order valence-corrected chi connectivity index (χ1v) is 17.0. The molecule has 5 rings (SSSR count). The van der Waals surface area contributed by atoms with Crippen LogP contribution < -0.4 is 4.74 Å². The van der Waals surface area contributed by atoms with Crippen LogP contribution in [0.4, 0.5) is 4.79 Å². The van der Waals surface area contributed by atoms with E-state index < -0.39 is 12.1 Å². The standard InChI is InChI=1S/C36H42Cl3N5O3/c1-7-47-30-21-28(36(2,3)4)29(39)20-27(30)34-40-32(23-8-12-25(37)13-9-23)33(24-10-14-26(38)15-11-24)44(34)35(46)43-18-16-42(17-19-43)22-31(45)41(5)6/h8-15,20-21,32-33H,7,16-19,22H2,1-6H3. The summed E-state index contributed by atoms with van der Waals surface area (Å²) in [5.74, 6) is 1.12. The summed E-state index contributed by atoms with van der Waals surface area (Å²) in [6, 6.07) is 17.8. The molecule has 11 heteroatoms. The van der Waals surface area contributed by atoms with Crippen LogP contribution in [-0.2, 0) is 10.2 Å². The molecule has 2 aliphatic rings. The van der Waals surface area contributed by atoms with Crippen LogP contribution in [0.5, 0.6) is 5.75 Å². The summed E-state index contributed by atoms with van der Waals surface area (Å²) in [5, 5.41) is 1.78. The predicted molar refractivity (Wildman–Crippen MR) is 190 cm³/mol. The van der Waals surface area contributed by atoms with E-state index in [0.717, 1.165) is 16.7 Å². The van der Waals surface area contributed by atoms with Crippen LogP contribution in [-0.4, -0.2) is 90.8 Å². The summed E-state index contributed by atoms with van der Waals surface area (Å²) < 4.78 is 6.23. The van der Waals surface area contributed by atoms with Gasteiger partial charge in [-0.2, -0.15) is 0 Å². The molecule has 0 aromatic heterocycles. The first kappa shape index (κ1) is 35.0. The Morgan fingerprint density at radius 2 is 1.47 bits per heavy atom. The molecule has 3 aromatic carbocycles. The monoisotopic (exact) mass is 697 g/mol. The molecule has 250 valence electrons. The van der Waals surface area contributed by atoms with E-state index in [4.69, 9.17) is 44.5 Å². The van der Waals surface area contributed by atoms with Gasteiger partial charge in [0, 0.05) is 55.3 Å². The average molecular weight is 699 g/mol. The maximum Gasteiger partial charge on any atom is 0.326 e. The predicted octanol–water partition coefficient (Wildman–Crippen LogP) is 7.71. The SMILES string of the molecule is CCOc1cc(C(C)(C)C)c(Cl)cc1C1=NC(c2ccc(Cl)cc2)C(c2ccc(Cl)cc2)N1C(=O)N1CCN(CC(=O)N(C)C)CC1. The van der Waals surface area contributed by atoms with E-state index in [1.807, 2.05) is 72.5 Å². The molecule has 2 unspecified atom stereocenters. The van der Waals surface area contributed by atoms with Crippen molar-refractivity contribution in [3.05, 3.63) is 98.0 Å². The summed E-state index contributed by atoms with van der Waals surface area (Å²) in [5.41, 5.74) is 3.13. The van der Waals surface area contributed by atoms with Crippen molar-refractivity contribution in [1.29, 1.82) is 0 Å². The van der Waals surface area contributed by atoms with Gasteiger partial charge >= 0.3 is 6.03 Å². The van der Waals surface area contributed by atoms with Crippen molar-refractivity contribution in [3.8, 4) is 5.75 Å². The number of carbonyl (C=O) groups is 2. The Bertz CT molecular complexity index is 1630. The molecular formula is C36H42Cl3N5O3. The maximum absolute atomic E-state index is 14.8. The first-order valence-electron chi connectivity index (χ1n) is 15.8. The van der Waals surface area contributed by atoms with Crippen LogP contribution in [0, 0.1) is 0 Å². The molecule has 2 aliphatic heterocycles. The van der Waals surface area contributed by atoms with Gasteiger partial charge < -0.3 is 14.5 Å².